The summed E-state index contributed by atoms with van der Waals surface area (Å²) in [7, 11) is 0. The zero-order valence-corrected chi connectivity index (χ0v) is 7.60. The summed E-state index contributed by atoms with van der Waals surface area (Å²) >= 11 is 0. The van der Waals surface area contributed by atoms with E-state index in [-0.39, 0.29) is 18.5 Å². The highest BCUT2D eigenvalue weighted by molar-refractivity contribution is 5.30. The molecule has 13 heavy (non-hydrogen) atoms. The van der Waals surface area contributed by atoms with Crippen LogP contribution in [-0.4, -0.2) is 22.9 Å². The second kappa shape index (κ2) is 4.72. The van der Waals surface area contributed by atoms with E-state index in [0.29, 0.717) is 12.2 Å². The van der Waals surface area contributed by atoms with Crippen LogP contribution >= 0.6 is 0 Å². The molecule has 0 saturated carbocycles. The fourth-order valence-electron chi connectivity index (χ4n) is 0.998. The highest BCUT2D eigenvalue weighted by atomic mass is 16.5. The van der Waals surface area contributed by atoms with Crippen molar-refractivity contribution >= 4 is 0 Å². The van der Waals surface area contributed by atoms with Crippen molar-refractivity contribution in [3.8, 4) is 11.5 Å². The Morgan fingerprint density at radius 1 is 1.31 bits per heavy atom. The molecule has 0 aliphatic carbocycles. The third-order valence-corrected chi connectivity index (χ3v) is 1.71. The largest absolute Gasteiger partial charge is 0.508 e. The SMILES string of the molecule is CC(CCO)Oc1ccc(O)cc1. The fraction of sp³-hybridized carbons (Fsp3) is 0.400. The Balaban J connectivity index is 2.49. The summed E-state index contributed by atoms with van der Waals surface area (Å²) in [6, 6.07) is 6.54. The quantitative estimate of drug-likeness (QED) is 0.742. The predicted octanol–water partition coefficient (Wildman–Crippen LogP) is 1.54. The summed E-state index contributed by atoms with van der Waals surface area (Å²) in [6.45, 7) is 2.02. The zero-order valence-electron chi connectivity index (χ0n) is 7.60. The van der Waals surface area contributed by atoms with Crippen molar-refractivity contribution in [3.63, 3.8) is 0 Å². The maximum absolute atomic E-state index is 9.00. The minimum atomic E-state index is -0.00505. The molecule has 0 fully saturated rings. The topological polar surface area (TPSA) is 49.7 Å². The van der Waals surface area contributed by atoms with Crippen LogP contribution in [0.15, 0.2) is 24.3 Å². The summed E-state index contributed by atoms with van der Waals surface area (Å²) in [5.41, 5.74) is 0. The van der Waals surface area contributed by atoms with Gasteiger partial charge in [0.25, 0.3) is 0 Å². The monoisotopic (exact) mass is 182 g/mol. The molecule has 1 unspecified atom stereocenters. The lowest BCUT2D eigenvalue weighted by molar-refractivity contribution is 0.168. The van der Waals surface area contributed by atoms with Crippen LogP contribution in [0.2, 0.25) is 0 Å². The van der Waals surface area contributed by atoms with Crippen LogP contribution < -0.4 is 4.74 Å². The molecule has 0 aliphatic heterocycles. The Hall–Kier alpha value is -1.22. The maximum atomic E-state index is 9.00. The number of aliphatic hydroxyl groups is 1. The Morgan fingerprint density at radius 3 is 2.46 bits per heavy atom. The third-order valence-electron chi connectivity index (χ3n) is 1.71. The molecule has 0 heterocycles. The standard InChI is InChI=1S/C10H14O3/c1-8(6-7-11)13-10-4-2-9(12)3-5-10/h2-5,8,11-12H,6-7H2,1H3. The Labute approximate surface area is 77.6 Å². The van der Waals surface area contributed by atoms with E-state index >= 15 is 0 Å². The average Bonchev–Trinajstić information content (AvgIpc) is 2.09. The molecule has 0 amide bonds. The number of ether oxygens (including phenoxy) is 1. The van der Waals surface area contributed by atoms with Gasteiger partial charge in [-0.2, -0.15) is 0 Å². The second-order valence-corrected chi connectivity index (χ2v) is 2.93. The minimum Gasteiger partial charge on any atom is -0.508 e. The van der Waals surface area contributed by atoms with Crippen molar-refractivity contribution in [1.29, 1.82) is 0 Å². The summed E-state index contributed by atoms with van der Waals surface area (Å²) < 4.78 is 5.44. The molecule has 0 aromatic heterocycles. The number of hydrogen-bond donors (Lipinski definition) is 2. The summed E-state index contributed by atoms with van der Waals surface area (Å²) in [5, 5.41) is 17.6. The van der Waals surface area contributed by atoms with Crippen LogP contribution in [0.25, 0.3) is 0 Å². The number of hydrogen-bond acceptors (Lipinski definition) is 3. The predicted molar refractivity (Wildman–Crippen MR) is 49.9 cm³/mol. The Kier molecular flexibility index (Phi) is 3.58. The zero-order chi connectivity index (χ0) is 9.68. The van der Waals surface area contributed by atoms with Gasteiger partial charge in [0, 0.05) is 13.0 Å². The van der Waals surface area contributed by atoms with Gasteiger partial charge < -0.3 is 14.9 Å². The van der Waals surface area contributed by atoms with E-state index < -0.39 is 0 Å². The lowest BCUT2D eigenvalue weighted by Crippen LogP contribution is -2.13. The van der Waals surface area contributed by atoms with Gasteiger partial charge in [-0.15, -0.1) is 0 Å². The molecule has 0 aliphatic rings. The van der Waals surface area contributed by atoms with Gasteiger partial charge in [-0.25, -0.2) is 0 Å². The van der Waals surface area contributed by atoms with Crippen LogP contribution in [0.3, 0.4) is 0 Å². The summed E-state index contributed by atoms with van der Waals surface area (Å²) in [6.07, 6.45) is 0.607. The Morgan fingerprint density at radius 2 is 1.92 bits per heavy atom. The van der Waals surface area contributed by atoms with E-state index in [4.69, 9.17) is 14.9 Å². The van der Waals surface area contributed by atoms with Crippen LogP contribution in [-0.2, 0) is 0 Å². The highest BCUT2D eigenvalue weighted by Gasteiger charge is 2.02. The molecule has 3 nitrogen and oxygen atoms in total. The lowest BCUT2D eigenvalue weighted by atomic mass is 10.3. The van der Waals surface area contributed by atoms with Crippen molar-refractivity contribution in [3.05, 3.63) is 24.3 Å². The second-order valence-electron chi connectivity index (χ2n) is 2.93. The van der Waals surface area contributed by atoms with Gasteiger partial charge in [-0.1, -0.05) is 0 Å². The minimum absolute atomic E-state index is 0.00505. The molecule has 0 saturated heterocycles. The lowest BCUT2D eigenvalue weighted by Gasteiger charge is -2.12. The molecule has 0 radical (unpaired) electrons. The average molecular weight is 182 g/mol. The number of benzene rings is 1. The number of aliphatic hydroxyl groups excluding tert-OH is 1. The van der Waals surface area contributed by atoms with E-state index in [1.165, 1.54) is 0 Å². The number of rotatable bonds is 4. The van der Waals surface area contributed by atoms with Crippen LogP contribution in [0.5, 0.6) is 11.5 Å². The summed E-state index contributed by atoms with van der Waals surface area (Å²) in [4.78, 5) is 0. The van der Waals surface area contributed by atoms with E-state index in [1.54, 1.807) is 24.3 Å². The van der Waals surface area contributed by atoms with Gasteiger partial charge in [-0.3, -0.25) is 0 Å². The normalized spacial score (nSPS) is 12.5. The van der Waals surface area contributed by atoms with Crippen molar-refractivity contribution in [2.24, 2.45) is 0 Å². The molecule has 0 bridgehead atoms. The van der Waals surface area contributed by atoms with E-state index in [9.17, 15) is 0 Å². The van der Waals surface area contributed by atoms with Crippen molar-refractivity contribution in [1.82, 2.24) is 0 Å². The molecule has 3 heteroatoms. The maximum Gasteiger partial charge on any atom is 0.119 e. The number of aromatic hydroxyl groups is 1. The molecular weight excluding hydrogens is 168 g/mol. The molecule has 1 aromatic rings. The molecular formula is C10H14O3. The van der Waals surface area contributed by atoms with E-state index in [2.05, 4.69) is 0 Å². The number of phenols is 1. The molecule has 1 atom stereocenters. The van der Waals surface area contributed by atoms with Crippen molar-refractivity contribution in [2.75, 3.05) is 6.61 Å². The first-order valence-corrected chi connectivity index (χ1v) is 4.29. The van der Waals surface area contributed by atoms with E-state index in [1.807, 2.05) is 6.92 Å². The van der Waals surface area contributed by atoms with Crippen molar-refractivity contribution in [2.45, 2.75) is 19.4 Å². The molecule has 2 N–H and O–H groups in total. The smallest absolute Gasteiger partial charge is 0.119 e. The van der Waals surface area contributed by atoms with Gasteiger partial charge in [0.2, 0.25) is 0 Å². The van der Waals surface area contributed by atoms with Crippen LogP contribution in [0.4, 0.5) is 0 Å². The number of phenolic OH excluding ortho intramolecular Hbond substituents is 1. The van der Waals surface area contributed by atoms with Gasteiger partial charge in [0.05, 0.1) is 6.10 Å². The molecule has 0 spiro atoms. The van der Waals surface area contributed by atoms with Crippen LogP contribution in [0, 0.1) is 0 Å². The molecule has 72 valence electrons. The summed E-state index contributed by atoms with van der Waals surface area (Å²) in [5.74, 6) is 0.931. The molecule has 1 aromatic carbocycles. The van der Waals surface area contributed by atoms with Crippen molar-refractivity contribution < 1.29 is 14.9 Å². The van der Waals surface area contributed by atoms with Gasteiger partial charge >= 0.3 is 0 Å². The highest BCUT2D eigenvalue weighted by Crippen LogP contribution is 2.17. The van der Waals surface area contributed by atoms with Gasteiger partial charge in [0.1, 0.15) is 11.5 Å². The Bertz CT molecular complexity index is 243. The first kappa shape index (κ1) is 9.86. The first-order valence-electron chi connectivity index (χ1n) is 4.29. The fourth-order valence-corrected chi connectivity index (χ4v) is 0.998. The first-order chi connectivity index (χ1) is 6.22. The van der Waals surface area contributed by atoms with Gasteiger partial charge in [0.15, 0.2) is 0 Å². The van der Waals surface area contributed by atoms with Gasteiger partial charge in [-0.05, 0) is 31.2 Å². The van der Waals surface area contributed by atoms with Crippen LogP contribution in [0.1, 0.15) is 13.3 Å². The third kappa shape index (κ3) is 3.34. The molecule has 1 rings (SSSR count). The van der Waals surface area contributed by atoms with E-state index in [0.717, 1.165) is 0 Å².